The Morgan fingerprint density at radius 1 is 0.846 bits per heavy atom. The lowest BCUT2D eigenvalue weighted by Crippen LogP contribution is -2.52. The van der Waals surface area contributed by atoms with Crippen LogP contribution in [0.3, 0.4) is 0 Å². The lowest BCUT2D eigenvalue weighted by Gasteiger charge is -2.38. The van der Waals surface area contributed by atoms with Crippen molar-refractivity contribution in [2.75, 3.05) is 32.8 Å². The molecule has 5 aromatic rings. The summed E-state index contributed by atoms with van der Waals surface area (Å²) in [7, 11) is 0. The van der Waals surface area contributed by atoms with Crippen LogP contribution in [0.2, 0.25) is 5.02 Å². The summed E-state index contributed by atoms with van der Waals surface area (Å²) in [6.07, 6.45) is 9.60. The van der Waals surface area contributed by atoms with Crippen molar-refractivity contribution in [2.24, 2.45) is 0 Å². The molecule has 7 aliphatic rings. The van der Waals surface area contributed by atoms with E-state index in [1.807, 2.05) is 41.3 Å². The molecule has 1 aromatic heterocycles. The first-order valence-electron chi connectivity index (χ1n) is 23.5. The quantitative estimate of drug-likeness (QED) is 0.182. The molecule has 12 rings (SSSR count). The number of carbonyl (C=O) groups excluding carboxylic acids is 4. The highest BCUT2D eigenvalue weighted by Crippen LogP contribution is 2.53. The number of hydrogen-bond acceptors (Lipinski definition) is 8. The largest absolute Gasteiger partial charge is 0.492 e. The van der Waals surface area contributed by atoms with Crippen LogP contribution in [0.15, 0.2) is 77.6 Å². The van der Waals surface area contributed by atoms with Crippen LogP contribution in [0, 0.1) is 0 Å². The van der Waals surface area contributed by atoms with Crippen LogP contribution >= 0.6 is 11.6 Å². The maximum Gasteiger partial charge on any atom is 0.282 e. The first-order valence-corrected chi connectivity index (χ1v) is 23.9. The molecule has 0 radical (unpaired) electrons. The number of likely N-dealkylation sites (tertiary alicyclic amines) is 2. The third kappa shape index (κ3) is 6.41. The van der Waals surface area contributed by atoms with E-state index in [1.54, 1.807) is 11.0 Å². The zero-order valence-corrected chi connectivity index (χ0v) is 37.1. The monoisotopic (exact) mass is 890 g/mol. The fraction of sp³-hybridized carbons (Fsp3) is 0.423. The van der Waals surface area contributed by atoms with E-state index in [0.717, 1.165) is 105 Å². The van der Waals surface area contributed by atoms with Crippen LogP contribution in [0.1, 0.15) is 131 Å². The van der Waals surface area contributed by atoms with E-state index in [-0.39, 0.29) is 47.1 Å². The predicted molar refractivity (Wildman–Crippen MR) is 245 cm³/mol. The Bertz CT molecular complexity index is 2910. The van der Waals surface area contributed by atoms with Crippen LogP contribution in [0.4, 0.5) is 0 Å². The smallest absolute Gasteiger partial charge is 0.282 e. The van der Waals surface area contributed by atoms with Gasteiger partial charge in [-0.1, -0.05) is 67.3 Å². The molecule has 2 spiro atoms. The highest BCUT2D eigenvalue weighted by atomic mass is 35.5. The van der Waals surface area contributed by atoms with E-state index in [1.165, 1.54) is 23.1 Å². The topological polar surface area (TPSA) is 134 Å². The molecule has 1 atom stereocenters. The highest BCUT2D eigenvalue weighted by Gasteiger charge is 2.49. The summed E-state index contributed by atoms with van der Waals surface area (Å²) in [5.41, 5.74) is 8.25. The molecule has 12 nitrogen and oxygen atoms in total. The molecular formula is C52H51ClN6O6. The van der Waals surface area contributed by atoms with Crippen molar-refractivity contribution in [3.05, 3.63) is 133 Å². The summed E-state index contributed by atoms with van der Waals surface area (Å²) in [4.78, 5) is 75.8. The van der Waals surface area contributed by atoms with Crippen molar-refractivity contribution in [1.82, 2.24) is 29.6 Å². The molecule has 1 aliphatic carbocycles. The average molecular weight is 891 g/mol. The summed E-state index contributed by atoms with van der Waals surface area (Å²) in [5.74, 6) is 1.15. The Kier molecular flexibility index (Phi) is 9.61. The second-order valence-corrected chi connectivity index (χ2v) is 20.0. The van der Waals surface area contributed by atoms with Crippen molar-refractivity contribution in [1.29, 1.82) is 0 Å². The lowest BCUT2D eigenvalue weighted by atomic mass is 9.69. The third-order valence-corrected chi connectivity index (χ3v) is 16.5. The van der Waals surface area contributed by atoms with Gasteiger partial charge in [0.1, 0.15) is 17.6 Å². The maximum atomic E-state index is 13.8. The first-order chi connectivity index (χ1) is 31.6. The van der Waals surface area contributed by atoms with Crippen molar-refractivity contribution >= 4 is 46.1 Å². The maximum absolute atomic E-state index is 13.8. The van der Waals surface area contributed by atoms with E-state index >= 15 is 0 Å². The van der Waals surface area contributed by atoms with E-state index < -0.39 is 11.9 Å². The number of hydrogen-bond donors (Lipinski definition) is 1. The minimum Gasteiger partial charge on any atom is -0.492 e. The number of amides is 4. The minimum absolute atomic E-state index is 0.0377. The number of fused-ring (bicyclic) bond motifs is 11. The standard InChI is InChI=1S/C52H51ClN6O6/c53-39-5-4-6-40-44(39)47(62)55-50-52(19-2-1-3-20-52)37-13-11-34(27-42(37)59(40)50)32-17-23-56(24-18-32)28-31-7-9-33(10-8-31)48(63)57-25-21-51(22-26-57)30-65-45-36-29-58(41-15-16-43(60)54-46(41)61)49(64)35(36)12-14-38(45)51/h4-14,27,32,41H,1-3,15-26,28-30H2,(H,54,60,61)/t41-/m0/s1. The van der Waals surface area contributed by atoms with Crippen molar-refractivity contribution in [2.45, 2.75) is 107 Å². The van der Waals surface area contributed by atoms with Gasteiger partial charge in [-0.3, -0.25) is 38.8 Å². The fourth-order valence-corrected chi connectivity index (χ4v) is 12.9. The van der Waals surface area contributed by atoms with Crippen molar-refractivity contribution in [3.8, 4) is 11.4 Å². The Hall–Kier alpha value is -5.85. The van der Waals surface area contributed by atoms with Gasteiger partial charge in [-0.2, -0.15) is 4.98 Å². The van der Waals surface area contributed by atoms with E-state index in [2.05, 4.69) is 45.1 Å². The molecule has 6 aliphatic heterocycles. The molecule has 4 aromatic carbocycles. The Balaban J connectivity index is 0.682. The summed E-state index contributed by atoms with van der Waals surface area (Å²) in [6, 6.07) is 24.1. The van der Waals surface area contributed by atoms with Gasteiger partial charge in [0, 0.05) is 53.7 Å². The number of nitrogens with zero attached hydrogens (tertiary/aromatic N) is 5. The zero-order valence-electron chi connectivity index (χ0n) is 36.4. The summed E-state index contributed by atoms with van der Waals surface area (Å²) in [5, 5.41) is 3.31. The molecule has 0 bridgehead atoms. The van der Waals surface area contributed by atoms with Gasteiger partial charge < -0.3 is 14.5 Å². The number of imide groups is 1. The number of aromatic nitrogens is 2. The molecule has 1 N–H and O–H groups in total. The number of piperidine rings is 3. The Labute approximate surface area is 381 Å². The van der Waals surface area contributed by atoms with Gasteiger partial charge in [0.15, 0.2) is 0 Å². The van der Waals surface area contributed by atoms with Gasteiger partial charge in [0.05, 0.1) is 40.2 Å². The molecule has 3 saturated heterocycles. The number of rotatable bonds is 5. The number of halogens is 1. The molecule has 1 saturated carbocycles. The predicted octanol–water partition coefficient (Wildman–Crippen LogP) is 7.31. The molecular weight excluding hydrogens is 840 g/mol. The second-order valence-electron chi connectivity index (χ2n) is 19.6. The Morgan fingerprint density at radius 3 is 2.38 bits per heavy atom. The molecule has 65 heavy (non-hydrogen) atoms. The van der Waals surface area contributed by atoms with Gasteiger partial charge in [0.25, 0.3) is 17.4 Å². The number of ether oxygens (including phenoxy) is 1. The SMILES string of the molecule is O=C1CC[C@H](N2Cc3c(ccc4c3OCC43CCN(C(=O)c4ccc(CN5CCC(c6ccc7c(c6)-n6c(nc(=O)c8c(Cl)cccc86)C76CCCCC6)CC5)cc4)CC3)C2=O)C(=O)N1. The molecule has 4 amide bonds. The molecule has 4 fully saturated rings. The van der Waals surface area contributed by atoms with E-state index in [9.17, 15) is 24.0 Å². The summed E-state index contributed by atoms with van der Waals surface area (Å²) < 4.78 is 8.61. The van der Waals surface area contributed by atoms with Crippen LogP contribution in [0.5, 0.6) is 5.75 Å². The van der Waals surface area contributed by atoms with Crippen LogP contribution in [0.25, 0.3) is 16.6 Å². The van der Waals surface area contributed by atoms with Crippen LogP contribution < -0.4 is 15.6 Å². The molecule has 0 unspecified atom stereocenters. The average Bonchev–Trinajstić information content (AvgIpc) is 3.94. The second kappa shape index (κ2) is 15.4. The van der Waals surface area contributed by atoms with Gasteiger partial charge >= 0.3 is 0 Å². The van der Waals surface area contributed by atoms with Crippen molar-refractivity contribution in [3.63, 3.8) is 0 Å². The van der Waals surface area contributed by atoms with Gasteiger partial charge in [0.2, 0.25) is 11.8 Å². The summed E-state index contributed by atoms with van der Waals surface area (Å²) >= 11 is 6.62. The lowest BCUT2D eigenvalue weighted by molar-refractivity contribution is -0.136. The first kappa shape index (κ1) is 40.6. The number of benzene rings is 4. The van der Waals surface area contributed by atoms with Gasteiger partial charge in [-0.15, -0.1) is 0 Å². The number of nitrogens with one attached hydrogen (secondary N) is 1. The molecule has 7 heterocycles. The molecule has 13 heteroatoms. The molecule has 332 valence electrons. The van der Waals surface area contributed by atoms with Gasteiger partial charge in [-0.05, 0) is 117 Å². The summed E-state index contributed by atoms with van der Waals surface area (Å²) in [6.45, 7) is 4.79. The minimum atomic E-state index is -0.673. The fourth-order valence-electron chi connectivity index (χ4n) is 12.6. The normalized spacial score (nSPS) is 22.2. The van der Waals surface area contributed by atoms with E-state index in [4.69, 9.17) is 21.3 Å². The highest BCUT2D eigenvalue weighted by molar-refractivity contribution is 6.35. The van der Waals surface area contributed by atoms with Crippen LogP contribution in [-0.2, 0) is 33.5 Å². The van der Waals surface area contributed by atoms with E-state index in [0.29, 0.717) is 53.6 Å². The van der Waals surface area contributed by atoms with Crippen LogP contribution in [-0.4, -0.2) is 86.7 Å². The number of carbonyl (C=O) groups is 4. The van der Waals surface area contributed by atoms with Gasteiger partial charge in [-0.25, -0.2) is 0 Å². The zero-order chi connectivity index (χ0) is 44.2. The van der Waals surface area contributed by atoms with Crippen molar-refractivity contribution < 1.29 is 23.9 Å². The third-order valence-electron chi connectivity index (χ3n) is 16.2. The Morgan fingerprint density at radius 2 is 1.62 bits per heavy atom.